The fourth-order valence-corrected chi connectivity index (χ4v) is 4.04. The molecule has 5 aromatic rings. The molecule has 0 aliphatic carbocycles. The van der Waals surface area contributed by atoms with Gasteiger partial charge in [-0.25, -0.2) is 9.37 Å². The Balaban J connectivity index is 1.87. The van der Waals surface area contributed by atoms with Gasteiger partial charge in [0.25, 0.3) is 5.91 Å². The van der Waals surface area contributed by atoms with Crippen LogP contribution in [0.4, 0.5) is 4.39 Å². The molecular formula is C25H16ClFN2O. The summed E-state index contributed by atoms with van der Waals surface area (Å²) in [6.07, 6.45) is 0. The fraction of sp³-hybridized carbons (Fsp3) is 0.0400. The molecule has 0 unspecified atom stereocenters. The third kappa shape index (κ3) is 2.88. The quantitative estimate of drug-likeness (QED) is 0.324. The van der Waals surface area contributed by atoms with E-state index < -0.39 is 11.7 Å². The van der Waals surface area contributed by atoms with Crippen molar-refractivity contribution in [3.05, 3.63) is 101 Å². The molecule has 0 aliphatic rings. The lowest BCUT2D eigenvalue weighted by Gasteiger charge is -2.12. The number of rotatable bonds is 2. The second-order valence-corrected chi connectivity index (χ2v) is 7.60. The molecule has 4 aromatic carbocycles. The normalized spacial score (nSPS) is 11.3. The van der Waals surface area contributed by atoms with Gasteiger partial charge in [0.1, 0.15) is 11.6 Å². The second-order valence-electron chi connectivity index (χ2n) is 7.17. The molecule has 0 amide bonds. The number of halogens is 2. The summed E-state index contributed by atoms with van der Waals surface area (Å²) in [7, 11) is 0. The number of carbonyl (C=O) groups is 1. The van der Waals surface area contributed by atoms with Gasteiger partial charge in [-0.15, -0.1) is 0 Å². The minimum absolute atomic E-state index is 0.0354. The standard InChI is InChI=1S/C25H16ClFN2O/c1-15-6-4-11-20(27)23(15)25(30)29-22-13-12-17(26)14-21(22)28-24(29)19-10-5-8-16-7-2-3-9-18(16)19/h2-14H,1H3. The molecular weight excluding hydrogens is 399 g/mol. The van der Waals surface area contributed by atoms with E-state index in [0.717, 1.165) is 16.3 Å². The first-order valence-corrected chi connectivity index (χ1v) is 9.88. The van der Waals surface area contributed by atoms with Gasteiger partial charge in [0, 0.05) is 10.6 Å². The first kappa shape index (κ1) is 18.5. The van der Waals surface area contributed by atoms with Gasteiger partial charge < -0.3 is 0 Å². The predicted molar refractivity (Wildman–Crippen MR) is 119 cm³/mol. The maximum absolute atomic E-state index is 14.7. The van der Waals surface area contributed by atoms with Gasteiger partial charge in [0.05, 0.1) is 16.6 Å². The van der Waals surface area contributed by atoms with E-state index in [1.165, 1.54) is 10.6 Å². The first-order valence-electron chi connectivity index (χ1n) is 9.50. The minimum atomic E-state index is -0.556. The number of nitrogens with zero attached hydrogens (tertiary/aromatic N) is 2. The van der Waals surface area contributed by atoms with E-state index in [4.69, 9.17) is 16.6 Å². The average molecular weight is 415 g/mol. The number of benzene rings is 4. The molecule has 30 heavy (non-hydrogen) atoms. The van der Waals surface area contributed by atoms with Crippen LogP contribution in [0.5, 0.6) is 0 Å². The Labute approximate surface area is 177 Å². The molecule has 5 heteroatoms. The van der Waals surface area contributed by atoms with E-state index in [-0.39, 0.29) is 5.56 Å². The van der Waals surface area contributed by atoms with Crippen molar-refractivity contribution in [1.82, 2.24) is 9.55 Å². The molecule has 0 fully saturated rings. The Bertz CT molecular complexity index is 1430. The van der Waals surface area contributed by atoms with Crippen LogP contribution in [0.15, 0.2) is 78.9 Å². The van der Waals surface area contributed by atoms with Gasteiger partial charge >= 0.3 is 0 Å². The van der Waals surface area contributed by atoms with Crippen LogP contribution in [-0.4, -0.2) is 15.5 Å². The number of aromatic nitrogens is 2. The highest BCUT2D eigenvalue weighted by Gasteiger charge is 2.24. The highest BCUT2D eigenvalue weighted by molar-refractivity contribution is 6.31. The molecule has 3 nitrogen and oxygen atoms in total. The number of carbonyl (C=O) groups excluding carboxylic acids is 1. The van der Waals surface area contributed by atoms with Gasteiger partial charge in [-0.05, 0) is 47.5 Å². The Morgan fingerprint density at radius 2 is 1.73 bits per heavy atom. The predicted octanol–water partition coefficient (Wildman–Crippen LogP) is 6.65. The van der Waals surface area contributed by atoms with Crippen LogP contribution in [0, 0.1) is 12.7 Å². The molecule has 0 N–H and O–H groups in total. The summed E-state index contributed by atoms with van der Waals surface area (Å²) < 4.78 is 16.2. The Morgan fingerprint density at radius 1 is 0.967 bits per heavy atom. The highest BCUT2D eigenvalue weighted by Crippen LogP contribution is 2.33. The third-order valence-corrected chi connectivity index (χ3v) is 5.52. The zero-order valence-electron chi connectivity index (χ0n) is 16.1. The largest absolute Gasteiger partial charge is 0.268 e. The van der Waals surface area contributed by atoms with Crippen LogP contribution in [0.3, 0.4) is 0 Å². The van der Waals surface area contributed by atoms with E-state index in [1.807, 2.05) is 42.5 Å². The fourth-order valence-electron chi connectivity index (χ4n) is 3.87. The molecule has 1 heterocycles. The average Bonchev–Trinajstić information content (AvgIpc) is 3.11. The monoisotopic (exact) mass is 414 g/mol. The van der Waals surface area contributed by atoms with Crippen molar-refractivity contribution in [3.63, 3.8) is 0 Å². The molecule has 0 atom stereocenters. The third-order valence-electron chi connectivity index (χ3n) is 5.29. The molecule has 0 aliphatic heterocycles. The summed E-state index contributed by atoms with van der Waals surface area (Å²) in [6.45, 7) is 1.73. The van der Waals surface area contributed by atoms with Crippen LogP contribution in [0.2, 0.25) is 5.02 Å². The molecule has 0 saturated carbocycles. The summed E-state index contributed by atoms with van der Waals surface area (Å²) in [5.74, 6) is -0.560. The van der Waals surface area contributed by atoms with Crippen LogP contribution in [0.1, 0.15) is 15.9 Å². The smallest absolute Gasteiger partial charge is 0.267 e. The Kier molecular flexibility index (Phi) is 4.37. The van der Waals surface area contributed by atoms with E-state index in [1.54, 1.807) is 37.3 Å². The highest BCUT2D eigenvalue weighted by atomic mass is 35.5. The summed E-state index contributed by atoms with van der Waals surface area (Å²) in [5.41, 5.74) is 2.55. The van der Waals surface area contributed by atoms with Crippen molar-refractivity contribution in [3.8, 4) is 11.4 Å². The van der Waals surface area contributed by atoms with E-state index in [0.29, 0.717) is 27.4 Å². The zero-order valence-corrected chi connectivity index (χ0v) is 16.8. The molecule has 5 rings (SSSR count). The topological polar surface area (TPSA) is 34.9 Å². The number of fused-ring (bicyclic) bond motifs is 2. The SMILES string of the molecule is Cc1cccc(F)c1C(=O)n1c(-c2cccc3ccccc23)nc2cc(Cl)ccc21. The first-order chi connectivity index (χ1) is 14.5. The zero-order chi connectivity index (χ0) is 20.8. The van der Waals surface area contributed by atoms with E-state index in [2.05, 4.69) is 0 Å². The minimum Gasteiger partial charge on any atom is -0.268 e. The van der Waals surface area contributed by atoms with Gasteiger partial charge in [-0.1, -0.05) is 66.2 Å². The van der Waals surface area contributed by atoms with Crippen molar-refractivity contribution >= 4 is 39.3 Å². The number of hydrogen-bond acceptors (Lipinski definition) is 2. The van der Waals surface area contributed by atoms with Crippen LogP contribution >= 0.6 is 11.6 Å². The van der Waals surface area contributed by atoms with Crippen molar-refractivity contribution < 1.29 is 9.18 Å². The van der Waals surface area contributed by atoms with Crippen molar-refractivity contribution in [2.45, 2.75) is 6.92 Å². The van der Waals surface area contributed by atoms with Gasteiger partial charge in [0.2, 0.25) is 0 Å². The maximum atomic E-state index is 14.7. The molecule has 0 radical (unpaired) electrons. The Hall–Kier alpha value is -3.50. The summed E-state index contributed by atoms with van der Waals surface area (Å²) in [6, 6.07) is 23.5. The maximum Gasteiger partial charge on any atom is 0.267 e. The van der Waals surface area contributed by atoms with Gasteiger partial charge in [-0.2, -0.15) is 0 Å². The Morgan fingerprint density at radius 3 is 2.57 bits per heavy atom. The van der Waals surface area contributed by atoms with Crippen LogP contribution < -0.4 is 0 Å². The van der Waals surface area contributed by atoms with E-state index >= 15 is 0 Å². The van der Waals surface area contributed by atoms with Crippen molar-refractivity contribution in [2.75, 3.05) is 0 Å². The molecule has 0 bridgehead atoms. The molecule has 146 valence electrons. The summed E-state index contributed by atoms with van der Waals surface area (Å²) in [4.78, 5) is 18.4. The van der Waals surface area contributed by atoms with Crippen molar-refractivity contribution in [2.24, 2.45) is 0 Å². The lowest BCUT2D eigenvalue weighted by Crippen LogP contribution is -2.16. The second kappa shape index (κ2) is 7.08. The van der Waals surface area contributed by atoms with Gasteiger partial charge in [0.15, 0.2) is 0 Å². The van der Waals surface area contributed by atoms with E-state index in [9.17, 15) is 9.18 Å². The summed E-state index contributed by atoms with van der Waals surface area (Å²) >= 11 is 6.17. The number of hydrogen-bond donors (Lipinski definition) is 0. The molecule has 0 saturated heterocycles. The molecule has 1 aromatic heterocycles. The van der Waals surface area contributed by atoms with Gasteiger partial charge in [-0.3, -0.25) is 9.36 Å². The molecule has 0 spiro atoms. The lowest BCUT2D eigenvalue weighted by atomic mass is 10.0. The van der Waals surface area contributed by atoms with Crippen molar-refractivity contribution in [1.29, 1.82) is 0 Å². The summed E-state index contributed by atoms with van der Waals surface area (Å²) in [5, 5.41) is 2.51. The number of imidazole rings is 1. The van der Waals surface area contributed by atoms with Crippen LogP contribution in [0.25, 0.3) is 33.2 Å². The lowest BCUT2D eigenvalue weighted by molar-refractivity contribution is 0.0961. The number of aryl methyl sites for hydroxylation is 1. The van der Waals surface area contributed by atoms with Crippen LogP contribution in [-0.2, 0) is 0 Å².